The lowest BCUT2D eigenvalue weighted by atomic mass is 10.0. The topological polar surface area (TPSA) is 379 Å². The lowest BCUT2D eigenvalue weighted by molar-refractivity contribution is -0.145. The first kappa shape index (κ1) is 57.6. The standard InChI is InChI=1S/C46H70N10O14/c1-24(2)19-29(50-38(61)28(47)15-16-36(48)58)39(62)54-33(23-57)45(68)56-18-10-13-34(56)42(65)49-26(5)44(67)55-17-9-14-35(55)43(66)52-30(21-27-11-7-6-8-12-27)40(63)51-31(22-37(59)60)41(64)53-32(46(69)70)20-25(3)4/h6-8,11-12,24-26,28-35,57H,9-10,13-23,47H2,1-5H3,(H2,48,58)(H,49,65)(H,50,61)(H,51,63)(H,52,66)(H,53,64)(H,54,62)(H,59,60)(H,69,70)/t26-,28-,29-,30-,31-,32-,33-,34-,35-/m0/s1. The number of hydrogen-bond acceptors (Lipinski definition) is 13. The third-order valence-electron chi connectivity index (χ3n) is 11.8. The van der Waals surface area contributed by atoms with Crippen molar-refractivity contribution < 1.29 is 68.1 Å². The van der Waals surface area contributed by atoms with Gasteiger partial charge in [0.15, 0.2) is 0 Å². The molecule has 24 heteroatoms. The normalized spacial score (nSPS) is 18.6. The van der Waals surface area contributed by atoms with Gasteiger partial charge in [-0.15, -0.1) is 0 Å². The van der Waals surface area contributed by atoms with Gasteiger partial charge < -0.3 is 68.5 Å². The predicted molar refractivity (Wildman–Crippen MR) is 249 cm³/mol. The first-order chi connectivity index (χ1) is 32.9. The lowest BCUT2D eigenvalue weighted by Crippen LogP contribution is -2.60. The Balaban J connectivity index is 1.73. The summed E-state index contributed by atoms with van der Waals surface area (Å²) >= 11 is 0. The highest BCUT2D eigenvalue weighted by Gasteiger charge is 2.42. The number of rotatable bonds is 27. The van der Waals surface area contributed by atoms with Gasteiger partial charge >= 0.3 is 11.9 Å². The lowest BCUT2D eigenvalue weighted by Gasteiger charge is -2.31. The number of nitrogens with one attached hydrogen (secondary N) is 6. The van der Waals surface area contributed by atoms with E-state index in [1.807, 2.05) is 0 Å². The number of nitrogens with zero attached hydrogens (tertiary/aromatic N) is 2. The smallest absolute Gasteiger partial charge is 0.326 e. The van der Waals surface area contributed by atoms with Gasteiger partial charge in [0.05, 0.1) is 19.1 Å². The molecule has 24 nitrogen and oxygen atoms in total. The third kappa shape index (κ3) is 17.7. The second kappa shape index (κ2) is 27.5. The number of carboxylic acid groups (broad SMARTS) is 2. The van der Waals surface area contributed by atoms with Gasteiger partial charge in [0.1, 0.15) is 48.3 Å². The number of aliphatic hydroxyl groups is 1. The summed E-state index contributed by atoms with van der Waals surface area (Å²) in [6.07, 6.45) is -0.0417. The van der Waals surface area contributed by atoms with Gasteiger partial charge in [0.2, 0.25) is 53.2 Å². The van der Waals surface area contributed by atoms with Gasteiger partial charge in [-0.05, 0) is 69.3 Å². The van der Waals surface area contributed by atoms with Crippen LogP contribution in [0.4, 0.5) is 0 Å². The van der Waals surface area contributed by atoms with Crippen LogP contribution < -0.4 is 43.4 Å². The third-order valence-corrected chi connectivity index (χ3v) is 11.8. The minimum Gasteiger partial charge on any atom is -0.481 e. The zero-order chi connectivity index (χ0) is 52.4. The van der Waals surface area contributed by atoms with Crippen LogP contribution in [0, 0.1) is 11.8 Å². The molecule has 0 unspecified atom stereocenters. The number of aliphatic carboxylic acids is 2. The van der Waals surface area contributed by atoms with E-state index >= 15 is 0 Å². The number of aliphatic hydroxyl groups excluding tert-OH is 1. The van der Waals surface area contributed by atoms with Crippen LogP contribution in [-0.4, -0.2) is 164 Å². The minimum absolute atomic E-state index is 0.0234. The molecule has 13 N–H and O–H groups in total. The van der Waals surface area contributed by atoms with Crippen molar-refractivity contribution in [3.05, 3.63) is 35.9 Å². The molecule has 0 aromatic heterocycles. The van der Waals surface area contributed by atoms with Crippen molar-refractivity contribution in [2.24, 2.45) is 23.3 Å². The number of primary amides is 1. The van der Waals surface area contributed by atoms with E-state index in [1.54, 1.807) is 58.0 Å². The number of nitrogens with two attached hydrogens (primary N) is 2. The first-order valence-electron chi connectivity index (χ1n) is 23.5. The molecule has 1 aromatic carbocycles. The largest absolute Gasteiger partial charge is 0.481 e. The number of hydrogen-bond donors (Lipinski definition) is 11. The van der Waals surface area contributed by atoms with Crippen molar-refractivity contribution in [1.29, 1.82) is 0 Å². The van der Waals surface area contributed by atoms with Crippen molar-refractivity contribution >= 4 is 65.1 Å². The summed E-state index contributed by atoms with van der Waals surface area (Å²) in [4.78, 5) is 146. The molecule has 9 amide bonds. The molecule has 0 aliphatic carbocycles. The van der Waals surface area contributed by atoms with E-state index in [2.05, 4.69) is 31.9 Å². The van der Waals surface area contributed by atoms with Crippen LogP contribution in [0.1, 0.15) is 98.0 Å². The maximum atomic E-state index is 14.0. The van der Waals surface area contributed by atoms with E-state index in [1.165, 1.54) is 16.7 Å². The van der Waals surface area contributed by atoms with Crippen molar-refractivity contribution in [3.63, 3.8) is 0 Å². The summed E-state index contributed by atoms with van der Waals surface area (Å²) in [5.41, 5.74) is 11.6. The van der Waals surface area contributed by atoms with Crippen LogP contribution >= 0.6 is 0 Å². The van der Waals surface area contributed by atoms with Crippen molar-refractivity contribution in [1.82, 2.24) is 41.7 Å². The van der Waals surface area contributed by atoms with Crippen LogP contribution in [0.3, 0.4) is 0 Å². The molecule has 9 atom stereocenters. The number of carbonyl (C=O) groups is 11. The summed E-state index contributed by atoms with van der Waals surface area (Å²) in [6.45, 7) is 7.74. The summed E-state index contributed by atoms with van der Waals surface area (Å²) in [5.74, 6) is -10.2. The molecule has 3 rings (SSSR count). The molecule has 1 aromatic rings. The first-order valence-corrected chi connectivity index (χ1v) is 23.5. The minimum atomic E-state index is -1.73. The van der Waals surface area contributed by atoms with E-state index in [4.69, 9.17) is 11.5 Å². The van der Waals surface area contributed by atoms with Gasteiger partial charge in [-0.2, -0.15) is 0 Å². The van der Waals surface area contributed by atoms with E-state index < -0.39 is 133 Å². The fraction of sp³-hybridized carbons (Fsp3) is 0.630. The number of carboxylic acids is 2. The Morgan fingerprint density at radius 2 is 1.11 bits per heavy atom. The Hall–Kier alpha value is -6.69. The van der Waals surface area contributed by atoms with Crippen LogP contribution in [0.5, 0.6) is 0 Å². The second-order valence-electron chi connectivity index (χ2n) is 18.6. The molecule has 0 saturated carbocycles. The van der Waals surface area contributed by atoms with Crippen LogP contribution in [-0.2, 0) is 59.2 Å². The van der Waals surface area contributed by atoms with Crippen molar-refractivity contribution in [2.45, 2.75) is 153 Å². The highest BCUT2D eigenvalue weighted by Crippen LogP contribution is 2.22. The van der Waals surface area contributed by atoms with Gasteiger partial charge in [-0.25, -0.2) is 4.79 Å². The molecule has 2 heterocycles. The Labute approximate surface area is 406 Å². The number of benzene rings is 1. The highest BCUT2D eigenvalue weighted by atomic mass is 16.4. The van der Waals surface area contributed by atoms with E-state index in [9.17, 15) is 68.1 Å². The number of amides is 9. The molecule has 2 aliphatic rings. The fourth-order valence-electron chi connectivity index (χ4n) is 8.24. The molecule has 2 fully saturated rings. The Bertz CT molecular complexity index is 2060. The Morgan fingerprint density at radius 1 is 0.629 bits per heavy atom. The van der Waals surface area contributed by atoms with Crippen LogP contribution in [0.2, 0.25) is 0 Å². The molecular weight excluding hydrogens is 917 g/mol. The molecule has 2 saturated heterocycles. The zero-order valence-electron chi connectivity index (χ0n) is 40.3. The van der Waals surface area contributed by atoms with E-state index in [0.29, 0.717) is 18.4 Å². The predicted octanol–water partition coefficient (Wildman–Crippen LogP) is -2.62. The van der Waals surface area contributed by atoms with Gasteiger partial charge in [0.25, 0.3) is 0 Å². The number of carbonyl (C=O) groups excluding carboxylic acids is 9. The SMILES string of the molecule is CC(C)C[C@H](NC(=O)[C@H](CC(=O)O)NC(=O)[C@H](Cc1ccccc1)NC(=O)[C@@H]1CCCN1C(=O)[C@H](C)NC(=O)[C@@H]1CCCN1C(=O)[C@H](CO)NC(=O)[C@H](CC(C)C)NC(=O)[C@@H](N)CCC(N)=O)C(=O)O. The fourth-order valence-corrected chi connectivity index (χ4v) is 8.24. The summed E-state index contributed by atoms with van der Waals surface area (Å²) in [7, 11) is 0. The summed E-state index contributed by atoms with van der Waals surface area (Å²) < 4.78 is 0. The second-order valence-corrected chi connectivity index (χ2v) is 18.6. The maximum absolute atomic E-state index is 14.0. The van der Waals surface area contributed by atoms with Gasteiger partial charge in [-0.1, -0.05) is 58.0 Å². The van der Waals surface area contributed by atoms with Gasteiger partial charge in [-0.3, -0.25) is 47.9 Å². The quantitative estimate of drug-likeness (QED) is 0.0430. The molecule has 388 valence electrons. The van der Waals surface area contributed by atoms with Crippen molar-refractivity contribution in [3.8, 4) is 0 Å². The van der Waals surface area contributed by atoms with E-state index in [-0.39, 0.29) is 69.9 Å². The molecule has 0 radical (unpaired) electrons. The highest BCUT2D eigenvalue weighted by molar-refractivity contribution is 5.99. The Kier molecular flexibility index (Phi) is 22.6. The van der Waals surface area contributed by atoms with Crippen LogP contribution in [0.25, 0.3) is 0 Å². The van der Waals surface area contributed by atoms with Gasteiger partial charge in [0, 0.05) is 25.9 Å². The number of likely N-dealkylation sites (tertiary alicyclic amines) is 2. The van der Waals surface area contributed by atoms with E-state index in [0.717, 1.165) is 0 Å². The van der Waals surface area contributed by atoms with Crippen molar-refractivity contribution in [2.75, 3.05) is 19.7 Å². The van der Waals surface area contributed by atoms with Crippen LogP contribution in [0.15, 0.2) is 30.3 Å². The zero-order valence-corrected chi connectivity index (χ0v) is 40.3. The molecule has 70 heavy (non-hydrogen) atoms. The summed E-state index contributed by atoms with van der Waals surface area (Å²) in [5, 5.41) is 44.4. The average Bonchev–Trinajstić information content (AvgIpc) is 4.00. The monoisotopic (exact) mass is 987 g/mol. The average molecular weight is 987 g/mol. The molecular formula is C46H70N10O14. The Morgan fingerprint density at radius 3 is 1.64 bits per heavy atom. The summed E-state index contributed by atoms with van der Waals surface area (Å²) in [6, 6.07) is -3.38. The molecule has 0 spiro atoms. The molecule has 2 aliphatic heterocycles. The molecule has 0 bridgehead atoms. The maximum Gasteiger partial charge on any atom is 0.326 e.